The molecule has 3 N–H and O–H groups in total. The number of anilines is 1. The maximum Gasteiger partial charge on any atom is 0.228 e. The highest BCUT2D eigenvalue weighted by Crippen LogP contribution is 2.23. The highest BCUT2D eigenvalue weighted by molar-refractivity contribution is 5.87. The number of aromatic nitrogens is 1. The SMILES string of the molecule is Cc1cc2c(NN)ccnc2o1. The second-order valence-electron chi connectivity index (χ2n) is 2.58. The van der Waals surface area contributed by atoms with Crippen LogP contribution in [0.5, 0.6) is 0 Å². The van der Waals surface area contributed by atoms with Crippen LogP contribution in [0.3, 0.4) is 0 Å². The molecule has 0 spiro atoms. The largest absolute Gasteiger partial charge is 0.443 e. The van der Waals surface area contributed by atoms with E-state index in [1.807, 2.05) is 13.0 Å². The third-order valence-corrected chi connectivity index (χ3v) is 1.71. The third-order valence-electron chi connectivity index (χ3n) is 1.71. The molecule has 0 unspecified atom stereocenters. The first-order valence-electron chi connectivity index (χ1n) is 3.63. The van der Waals surface area contributed by atoms with E-state index in [4.69, 9.17) is 10.3 Å². The molecule has 0 amide bonds. The highest BCUT2D eigenvalue weighted by Gasteiger charge is 2.04. The van der Waals surface area contributed by atoms with E-state index in [0.717, 1.165) is 16.8 Å². The molecule has 0 saturated carbocycles. The van der Waals surface area contributed by atoms with E-state index in [0.29, 0.717) is 5.71 Å². The predicted molar refractivity (Wildman–Crippen MR) is 46.6 cm³/mol. The maximum absolute atomic E-state index is 5.31. The van der Waals surface area contributed by atoms with Crippen molar-refractivity contribution in [1.82, 2.24) is 4.98 Å². The zero-order valence-electron chi connectivity index (χ0n) is 6.66. The number of hydrazine groups is 1. The van der Waals surface area contributed by atoms with Gasteiger partial charge in [0.05, 0.1) is 11.1 Å². The number of furan rings is 1. The molecule has 0 fully saturated rings. The molecule has 12 heavy (non-hydrogen) atoms. The minimum Gasteiger partial charge on any atom is -0.443 e. The van der Waals surface area contributed by atoms with E-state index in [1.54, 1.807) is 12.3 Å². The summed E-state index contributed by atoms with van der Waals surface area (Å²) < 4.78 is 5.30. The minimum absolute atomic E-state index is 0.614. The van der Waals surface area contributed by atoms with Gasteiger partial charge in [-0.05, 0) is 19.1 Å². The molecule has 4 heteroatoms. The Morgan fingerprint density at radius 1 is 1.58 bits per heavy atom. The summed E-state index contributed by atoms with van der Waals surface area (Å²) in [6.45, 7) is 1.88. The van der Waals surface area contributed by atoms with Gasteiger partial charge < -0.3 is 9.84 Å². The Bertz CT molecular complexity index is 408. The number of hydrogen-bond donors (Lipinski definition) is 2. The number of nitrogens with two attached hydrogens (primary N) is 1. The molecule has 2 heterocycles. The van der Waals surface area contributed by atoms with Gasteiger partial charge in [0.15, 0.2) is 0 Å². The van der Waals surface area contributed by atoms with Gasteiger partial charge in [-0.15, -0.1) is 0 Å². The topological polar surface area (TPSA) is 64.1 Å². The van der Waals surface area contributed by atoms with E-state index in [9.17, 15) is 0 Å². The van der Waals surface area contributed by atoms with Crippen LogP contribution in [0.1, 0.15) is 5.76 Å². The fraction of sp³-hybridized carbons (Fsp3) is 0.125. The van der Waals surface area contributed by atoms with Crippen LogP contribution in [-0.4, -0.2) is 4.98 Å². The first-order chi connectivity index (χ1) is 5.81. The van der Waals surface area contributed by atoms with Crippen LogP contribution in [0.4, 0.5) is 5.69 Å². The average Bonchev–Trinajstić information content (AvgIpc) is 2.44. The zero-order valence-corrected chi connectivity index (χ0v) is 6.66. The van der Waals surface area contributed by atoms with Gasteiger partial charge in [0.1, 0.15) is 5.76 Å². The molecule has 0 aliphatic rings. The molecular formula is C8H9N3O. The first kappa shape index (κ1) is 7.12. The third kappa shape index (κ3) is 0.931. The van der Waals surface area contributed by atoms with Crippen molar-refractivity contribution in [3.8, 4) is 0 Å². The second-order valence-corrected chi connectivity index (χ2v) is 2.58. The standard InChI is InChI=1S/C8H9N3O/c1-5-4-6-7(11-9)2-3-10-8(6)12-5/h2-4H,9H2,1H3,(H,10,11). The molecule has 4 nitrogen and oxygen atoms in total. The second kappa shape index (κ2) is 2.49. The number of rotatable bonds is 1. The van der Waals surface area contributed by atoms with Crippen molar-refractivity contribution < 1.29 is 4.42 Å². The Balaban J connectivity index is 2.78. The summed E-state index contributed by atoms with van der Waals surface area (Å²) in [5.41, 5.74) is 4.03. The Morgan fingerprint density at radius 2 is 2.42 bits per heavy atom. The number of hydrogen-bond acceptors (Lipinski definition) is 4. The van der Waals surface area contributed by atoms with Crippen molar-refractivity contribution in [2.45, 2.75) is 6.92 Å². The summed E-state index contributed by atoms with van der Waals surface area (Å²) in [4.78, 5) is 4.05. The number of pyridine rings is 1. The van der Waals surface area contributed by atoms with Crippen molar-refractivity contribution in [3.63, 3.8) is 0 Å². The molecule has 0 atom stereocenters. The smallest absolute Gasteiger partial charge is 0.228 e. The molecular weight excluding hydrogens is 154 g/mol. The van der Waals surface area contributed by atoms with Crippen LogP contribution >= 0.6 is 0 Å². The quantitative estimate of drug-likeness (QED) is 0.493. The Labute approximate surface area is 69.4 Å². The van der Waals surface area contributed by atoms with Gasteiger partial charge in [0, 0.05) is 6.20 Å². The summed E-state index contributed by atoms with van der Waals surface area (Å²) in [7, 11) is 0. The van der Waals surface area contributed by atoms with Crippen LogP contribution in [-0.2, 0) is 0 Å². The normalized spacial score (nSPS) is 10.5. The molecule has 2 aromatic heterocycles. The monoisotopic (exact) mass is 163 g/mol. The molecule has 0 saturated heterocycles. The van der Waals surface area contributed by atoms with Gasteiger partial charge in [-0.1, -0.05) is 0 Å². The van der Waals surface area contributed by atoms with E-state index in [1.165, 1.54) is 0 Å². The lowest BCUT2D eigenvalue weighted by Gasteiger charge is -1.97. The summed E-state index contributed by atoms with van der Waals surface area (Å²) >= 11 is 0. The summed E-state index contributed by atoms with van der Waals surface area (Å²) in [6.07, 6.45) is 1.65. The average molecular weight is 163 g/mol. The lowest BCUT2D eigenvalue weighted by Crippen LogP contribution is -2.06. The van der Waals surface area contributed by atoms with Crippen LogP contribution in [0, 0.1) is 6.92 Å². The molecule has 62 valence electrons. The van der Waals surface area contributed by atoms with Crippen molar-refractivity contribution in [2.24, 2.45) is 5.84 Å². The predicted octanol–water partition coefficient (Wildman–Crippen LogP) is 1.42. The number of nitrogens with zero attached hydrogens (tertiary/aromatic N) is 1. The summed E-state index contributed by atoms with van der Waals surface area (Å²) in [6, 6.07) is 3.70. The molecule has 0 radical (unpaired) electrons. The molecule has 0 aromatic carbocycles. The van der Waals surface area contributed by atoms with Crippen molar-refractivity contribution in [3.05, 3.63) is 24.1 Å². The number of aryl methyl sites for hydroxylation is 1. The van der Waals surface area contributed by atoms with Crippen molar-refractivity contribution in [1.29, 1.82) is 0 Å². The Kier molecular flexibility index (Phi) is 1.48. The van der Waals surface area contributed by atoms with E-state index >= 15 is 0 Å². The summed E-state index contributed by atoms with van der Waals surface area (Å²) in [5, 5.41) is 0.914. The van der Waals surface area contributed by atoms with E-state index < -0.39 is 0 Å². The van der Waals surface area contributed by atoms with Gasteiger partial charge >= 0.3 is 0 Å². The first-order valence-corrected chi connectivity index (χ1v) is 3.63. The van der Waals surface area contributed by atoms with E-state index in [2.05, 4.69) is 10.4 Å². The van der Waals surface area contributed by atoms with Gasteiger partial charge in [-0.2, -0.15) is 0 Å². The van der Waals surface area contributed by atoms with Crippen molar-refractivity contribution in [2.75, 3.05) is 5.43 Å². The minimum atomic E-state index is 0.614. The van der Waals surface area contributed by atoms with Crippen LogP contribution < -0.4 is 11.3 Å². The van der Waals surface area contributed by atoms with Crippen LogP contribution in [0.15, 0.2) is 22.7 Å². The number of fused-ring (bicyclic) bond motifs is 1. The number of nitrogens with one attached hydrogen (secondary N) is 1. The van der Waals surface area contributed by atoms with Gasteiger partial charge in [0.25, 0.3) is 0 Å². The molecule has 0 aliphatic carbocycles. The highest BCUT2D eigenvalue weighted by atomic mass is 16.3. The maximum atomic E-state index is 5.31. The lowest BCUT2D eigenvalue weighted by molar-refractivity contribution is 0.567. The van der Waals surface area contributed by atoms with Crippen molar-refractivity contribution >= 4 is 16.8 Å². The Hall–Kier alpha value is -1.55. The van der Waals surface area contributed by atoms with Crippen LogP contribution in [0.2, 0.25) is 0 Å². The van der Waals surface area contributed by atoms with Gasteiger partial charge in [0.2, 0.25) is 5.71 Å². The number of nitrogen functional groups attached to an aromatic ring is 1. The lowest BCUT2D eigenvalue weighted by atomic mass is 10.3. The van der Waals surface area contributed by atoms with Gasteiger partial charge in [-0.25, -0.2) is 4.98 Å². The van der Waals surface area contributed by atoms with Gasteiger partial charge in [-0.3, -0.25) is 5.84 Å². The van der Waals surface area contributed by atoms with E-state index in [-0.39, 0.29) is 0 Å². The van der Waals surface area contributed by atoms with Crippen LogP contribution in [0.25, 0.3) is 11.1 Å². The molecule has 2 rings (SSSR count). The summed E-state index contributed by atoms with van der Waals surface area (Å²) in [5.74, 6) is 6.14. The zero-order chi connectivity index (χ0) is 8.55. The molecule has 0 aliphatic heterocycles. The fourth-order valence-electron chi connectivity index (χ4n) is 1.19. The Morgan fingerprint density at radius 3 is 3.17 bits per heavy atom. The molecule has 2 aromatic rings. The molecule has 0 bridgehead atoms. The fourth-order valence-corrected chi connectivity index (χ4v) is 1.19.